The number of hydrogen-bond donors (Lipinski definition) is 0. The fraction of sp³-hybridized carbons (Fsp3) is 0.667. The second kappa shape index (κ2) is 9.43. The minimum atomic E-state index is -4.51. The highest BCUT2D eigenvalue weighted by atomic mass is 32.2. The van der Waals surface area contributed by atoms with E-state index in [2.05, 4.69) is 19.7 Å². The van der Waals surface area contributed by atoms with E-state index in [1.807, 2.05) is 7.05 Å². The number of hydrogen-bond acceptors (Lipinski definition) is 5. The summed E-state index contributed by atoms with van der Waals surface area (Å²) in [5, 5.41) is 9.74. The summed E-state index contributed by atoms with van der Waals surface area (Å²) in [5.41, 5.74) is -0.458. The van der Waals surface area contributed by atoms with Crippen molar-refractivity contribution in [2.75, 3.05) is 38.6 Å². The molecule has 3 fully saturated rings. The Bertz CT molecular complexity index is 1020. The summed E-state index contributed by atoms with van der Waals surface area (Å²) in [4.78, 5) is 2.41. The van der Waals surface area contributed by atoms with E-state index in [0.29, 0.717) is 17.5 Å². The highest BCUT2D eigenvalue weighted by Crippen LogP contribution is 2.64. The SMILES string of the molecule is Cn1c(SCCCN2CCC3(C[C@H]3c3ccc(C(F)(F)F)cc3F)C2)nnc1C1CCOCC1. The van der Waals surface area contributed by atoms with Crippen LogP contribution < -0.4 is 0 Å². The number of aromatic nitrogens is 3. The maximum Gasteiger partial charge on any atom is 0.416 e. The quantitative estimate of drug-likeness (QED) is 0.297. The minimum absolute atomic E-state index is 0.0237. The number of thioether (sulfide) groups is 1. The van der Waals surface area contributed by atoms with Crippen molar-refractivity contribution in [3.05, 3.63) is 41.0 Å². The van der Waals surface area contributed by atoms with E-state index < -0.39 is 17.6 Å². The van der Waals surface area contributed by atoms with Gasteiger partial charge >= 0.3 is 6.18 Å². The van der Waals surface area contributed by atoms with Crippen LogP contribution in [-0.4, -0.2) is 58.3 Å². The fourth-order valence-corrected chi connectivity index (χ4v) is 6.46. The van der Waals surface area contributed by atoms with Crippen molar-refractivity contribution in [1.82, 2.24) is 19.7 Å². The standard InChI is InChI=1S/C24H30F4N4OS/c1-31-21(16-5-10-33-11-6-16)29-30-22(31)34-12-2-8-32-9-7-23(15-32)14-19(23)18-4-3-17(13-20(18)25)24(26,27)28/h3-4,13,16,19H,2,5-12,14-15H2,1H3/t19-,23?/m0/s1. The molecule has 1 aromatic carbocycles. The molecule has 2 saturated heterocycles. The molecule has 1 aliphatic carbocycles. The van der Waals surface area contributed by atoms with Gasteiger partial charge < -0.3 is 14.2 Å². The van der Waals surface area contributed by atoms with Crippen LogP contribution in [0.4, 0.5) is 17.6 Å². The van der Waals surface area contributed by atoms with Crippen LogP contribution >= 0.6 is 11.8 Å². The lowest BCUT2D eigenvalue weighted by Crippen LogP contribution is -2.23. The van der Waals surface area contributed by atoms with Gasteiger partial charge in [0.1, 0.15) is 11.6 Å². The topological polar surface area (TPSA) is 43.2 Å². The molecule has 2 aliphatic heterocycles. The Morgan fingerprint density at radius 2 is 2.00 bits per heavy atom. The van der Waals surface area contributed by atoms with Gasteiger partial charge in [-0.2, -0.15) is 13.2 Å². The molecule has 3 aliphatic rings. The Hall–Kier alpha value is -1.65. The van der Waals surface area contributed by atoms with E-state index in [9.17, 15) is 17.6 Å². The van der Waals surface area contributed by atoms with Crippen molar-refractivity contribution in [3.8, 4) is 0 Å². The molecular weight excluding hydrogens is 468 g/mol. The van der Waals surface area contributed by atoms with Crippen molar-refractivity contribution in [1.29, 1.82) is 0 Å². The number of benzene rings is 1. The lowest BCUT2D eigenvalue weighted by atomic mass is 9.97. The predicted octanol–water partition coefficient (Wildman–Crippen LogP) is 5.23. The molecule has 0 bridgehead atoms. The summed E-state index contributed by atoms with van der Waals surface area (Å²) in [6.07, 6.45) is 0.312. The number of halogens is 4. The first-order valence-electron chi connectivity index (χ1n) is 12.0. The van der Waals surface area contributed by atoms with Gasteiger partial charge in [-0.1, -0.05) is 17.8 Å². The molecule has 1 saturated carbocycles. The van der Waals surface area contributed by atoms with E-state index in [4.69, 9.17) is 4.74 Å². The van der Waals surface area contributed by atoms with Crippen LogP contribution in [0.1, 0.15) is 60.9 Å². The third kappa shape index (κ3) is 4.86. The highest BCUT2D eigenvalue weighted by molar-refractivity contribution is 7.99. The zero-order valence-electron chi connectivity index (χ0n) is 19.3. The van der Waals surface area contributed by atoms with Crippen LogP contribution in [0.25, 0.3) is 0 Å². The fourth-order valence-electron chi connectivity index (χ4n) is 5.61. The van der Waals surface area contributed by atoms with Crippen molar-refractivity contribution >= 4 is 11.8 Å². The van der Waals surface area contributed by atoms with E-state index >= 15 is 0 Å². The molecule has 1 aromatic heterocycles. The summed E-state index contributed by atoms with van der Waals surface area (Å²) in [6.45, 7) is 4.37. The zero-order valence-corrected chi connectivity index (χ0v) is 20.1. The number of ether oxygens (including phenoxy) is 1. The smallest absolute Gasteiger partial charge is 0.381 e. The summed E-state index contributed by atoms with van der Waals surface area (Å²) in [5.74, 6) is 1.71. The molecule has 2 aromatic rings. The van der Waals surface area contributed by atoms with E-state index in [1.165, 1.54) is 6.07 Å². The lowest BCUT2D eigenvalue weighted by Gasteiger charge is -2.21. The van der Waals surface area contributed by atoms with Gasteiger partial charge in [0.05, 0.1) is 5.56 Å². The second-order valence-electron chi connectivity index (χ2n) is 9.87. The monoisotopic (exact) mass is 498 g/mol. The molecule has 10 heteroatoms. The second-order valence-corrected chi connectivity index (χ2v) is 10.9. The molecule has 0 radical (unpaired) electrons. The van der Waals surface area contributed by atoms with Crippen molar-refractivity contribution in [2.45, 2.75) is 55.3 Å². The first-order valence-corrected chi connectivity index (χ1v) is 12.9. The van der Waals surface area contributed by atoms with Crippen molar-refractivity contribution < 1.29 is 22.3 Å². The van der Waals surface area contributed by atoms with Crippen LogP contribution in [0.15, 0.2) is 23.4 Å². The maximum absolute atomic E-state index is 14.4. The zero-order chi connectivity index (χ0) is 23.9. The van der Waals surface area contributed by atoms with Crippen LogP contribution in [0.3, 0.4) is 0 Å². The predicted molar refractivity (Wildman–Crippen MR) is 121 cm³/mol. The molecule has 5 nitrogen and oxygen atoms in total. The normalized spacial score (nSPS) is 26.0. The third-order valence-electron chi connectivity index (χ3n) is 7.66. The van der Waals surface area contributed by atoms with Crippen LogP contribution in [0.2, 0.25) is 0 Å². The van der Waals surface area contributed by atoms with E-state index in [-0.39, 0.29) is 11.3 Å². The molecule has 0 amide bonds. The molecule has 3 heterocycles. The first-order chi connectivity index (χ1) is 16.3. The molecule has 34 heavy (non-hydrogen) atoms. The van der Waals surface area contributed by atoms with Crippen LogP contribution in [-0.2, 0) is 18.0 Å². The molecular formula is C24H30F4N4OS. The molecule has 186 valence electrons. The highest BCUT2D eigenvalue weighted by Gasteiger charge is 2.58. The Balaban J connectivity index is 1.09. The van der Waals surface area contributed by atoms with Crippen LogP contribution in [0.5, 0.6) is 0 Å². The molecule has 5 rings (SSSR count). The Kier molecular flexibility index (Phi) is 6.67. The largest absolute Gasteiger partial charge is 0.416 e. The number of rotatable bonds is 7. The first kappa shape index (κ1) is 24.1. The average molecular weight is 499 g/mol. The van der Waals surface area contributed by atoms with Gasteiger partial charge in [0.2, 0.25) is 0 Å². The van der Waals surface area contributed by atoms with Gasteiger partial charge in [-0.15, -0.1) is 10.2 Å². The number of likely N-dealkylation sites (tertiary alicyclic amines) is 1. The van der Waals surface area contributed by atoms with Gasteiger partial charge in [0, 0.05) is 38.5 Å². The number of nitrogens with zero attached hydrogens (tertiary/aromatic N) is 4. The van der Waals surface area contributed by atoms with Gasteiger partial charge in [-0.25, -0.2) is 4.39 Å². The minimum Gasteiger partial charge on any atom is -0.381 e. The lowest BCUT2D eigenvalue weighted by molar-refractivity contribution is -0.137. The van der Waals surface area contributed by atoms with Gasteiger partial charge in [-0.3, -0.25) is 0 Å². The third-order valence-corrected chi connectivity index (χ3v) is 8.77. The van der Waals surface area contributed by atoms with E-state index in [1.54, 1.807) is 11.8 Å². The molecule has 0 N–H and O–H groups in total. The molecule has 1 spiro atoms. The summed E-state index contributed by atoms with van der Waals surface area (Å²) in [6, 6.07) is 2.99. The van der Waals surface area contributed by atoms with Crippen molar-refractivity contribution in [2.24, 2.45) is 12.5 Å². The average Bonchev–Trinajstić information content (AvgIpc) is 3.14. The van der Waals surface area contributed by atoms with Gasteiger partial charge in [-0.05, 0) is 74.2 Å². The summed E-state index contributed by atoms with van der Waals surface area (Å²) >= 11 is 1.72. The van der Waals surface area contributed by atoms with Gasteiger partial charge in [0.15, 0.2) is 5.16 Å². The number of alkyl halides is 3. The Morgan fingerprint density at radius 1 is 1.21 bits per heavy atom. The van der Waals surface area contributed by atoms with Gasteiger partial charge in [0.25, 0.3) is 0 Å². The van der Waals surface area contributed by atoms with E-state index in [0.717, 1.165) is 87.8 Å². The maximum atomic E-state index is 14.4. The Labute approximate surface area is 201 Å². The summed E-state index contributed by atoms with van der Waals surface area (Å²) in [7, 11) is 2.03. The summed E-state index contributed by atoms with van der Waals surface area (Å²) < 4.78 is 60.5. The Morgan fingerprint density at radius 3 is 2.74 bits per heavy atom. The van der Waals surface area contributed by atoms with Crippen LogP contribution in [0, 0.1) is 11.2 Å². The molecule has 1 unspecified atom stereocenters. The molecule has 2 atom stereocenters. The van der Waals surface area contributed by atoms with Crippen molar-refractivity contribution in [3.63, 3.8) is 0 Å².